The van der Waals surface area contributed by atoms with Crippen LogP contribution in [-0.2, 0) is 25.7 Å². The van der Waals surface area contributed by atoms with Gasteiger partial charge in [-0.25, -0.2) is 38.3 Å². The van der Waals surface area contributed by atoms with Gasteiger partial charge in [0.25, 0.3) is 0 Å². The first-order valence-corrected chi connectivity index (χ1v) is 20.7. The molecule has 0 saturated carbocycles. The maximum Gasteiger partial charge on any atom is 0.317 e. The highest BCUT2D eigenvalue weighted by molar-refractivity contribution is 5.81. The van der Waals surface area contributed by atoms with E-state index in [1.165, 1.54) is 12.4 Å². The van der Waals surface area contributed by atoms with E-state index in [9.17, 15) is 18.4 Å². The monoisotopic (exact) mass is 790 g/mol. The summed E-state index contributed by atoms with van der Waals surface area (Å²) in [4.78, 5) is 54.7. The van der Waals surface area contributed by atoms with Gasteiger partial charge in [0.15, 0.2) is 23.3 Å². The lowest BCUT2D eigenvalue weighted by atomic mass is 9.97. The highest BCUT2D eigenvalue weighted by Crippen LogP contribution is 2.32. The number of carbonyl (C=O) groups is 2. The zero-order valence-electron chi connectivity index (χ0n) is 33.4. The van der Waals surface area contributed by atoms with E-state index in [2.05, 4.69) is 46.6 Å². The van der Waals surface area contributed by atoms with Crippen molar-refractivity contribution in [3.63, 3.8) is 0 Å². The van der Waals surface area contributed by atoms with Crippen molar-refractivity contribution >= 4 is 23.2 Å². The zero-order valence-corrected chi connectivity index (χ0v) is 33.4. The number of amides is 4. The van der Waals surface area contributed by atoms with Crippen LogP contribution in [0.15, 0.2) is 61.2 Å². The van der Waals surface area contributed by atoms with Crippen LogP contribution in [0.25, 0.3) is 11.1 Å². The van der Waals surface area contributed by atoms with E-state index >= 15 is 0 Å². The Morgan fingerprint density at radius 1 is 0.724 bits per heavy atom. The van der Waals surface area contributed by atoms with E-state index in [-0.39, 0.29) is 30.0 Å². The quantitative estimate of drug-likeness (QED) is 0.175. The molecule has 4 amide bonds. The van der Waals surface area contributed by atoms with Gasteiger partial charge in [0, 0.05) is 86.3 Å². The third-order valence-electron chi connectivity index (χ3n) is 11.4. The first-order chi connectivity index (χ1) is 28.3. The Labute approximate surface area is 338 Å². The summed E-state index contributed by atoms with van der Waals surface area (Å²) in [6.45, 7) is 4.22. The summed E-state index contributed by atoms with van der Waals surface area (Å²) < 4.78 is 28.9. The van der Waals surface area contributed by atoms with E-state index < -0.39 is 5.82 Å². The Kier molecular flexibility index (Phi) is 13.4. The van der Waals surface area contributed by atoms with Gasteiger partial charge in [-0.3, -0.25) is 9.97 Å². The van der Waals surface area contributed by atoms with Crippen LogP contribution in [0.5, 0.6) is 0 Å². The van der Waals surface area contributed by atoms with Crippen molar-refractivity contribution in [1.82, 2.24) is 50.3 Å². The third kappa shape index (κ3) is 9.37. The van der Waals surface area contributed by atoms with Gasteiger partial charge >= 0.3 is 12.1 Å². The van der Waals surface area contributed by atoms with Gasteiger partial charge < -0.3 is 20.4 Å². The number of aromatic nitrogens is 6. The van der Waals surface area contributed by atoms with Gasteiger partial charge in [-0.1, -0.05) is 31.2 Å². The Bertz CT molecular complexity index is 2160. The smallest absolute Gasteiger partial charge is 0.317 e. The van der Waals surface area contributed by atoms with Crippen molar-refractivity contribution in [1.29, 1.82) is 0 Å². The molecule has 0 aromatic carbocycles. The average Bonchev–Trinajstić information content (AvgIpc) is 3.90. The summed E-state index contributed by atoms with van der Waals surface area (Å²) in [7, 11) is 1.65. The molecule has 12 nitrogen and oxygen atoms in total. The standard InChI is InChI=1S/C23H28FN5O.C21H24FN5O/c1-2-12-26-23(30)29-14-4-3-6-16(29)8-10-21-19(24)15-27-22(28-21)18-9-11-20-17(18)7-5-13-25-20;1-23-21(28)27-12-3-2-5-14(27)7-9-19-17(22)13-25-20(26-19)16-8-10-18-15(16)6-4-11-24-18/h5,7,9,13,15-16H,2-4,6,8,10-12,14H2,1H3,(H,26,30);4,6,8,11,13-14H,2-3,5,7,9-10,12H2,1H3,(H,23,28)/t16-;14-/m11/s1. The van der Waals surface area contributed by atoms with Crippen molar-refractivity contribution in [2.24, 2.45) is 0 Å². The van der Waals surface area contributed by atoms with Crippen LogP contribution in [0.3, 0.4) is 0 Å². The van der Waals surface area contributed by atoms with Crippen LogP contribution in [0.2, 0.25) is 0 Å². The van der Waals surface area contributed by atoms with E-state index in [1.807, 2.05) is 47.1 Å². The van der Waals surface area contributed by atoms with Crippen LogP contribution in [0.1, 0.15) is 110 Å². The van der Waals surface area contributed by atoms with Crippen molar-refractivity contribution in [2.45, 2.75) is 102 Å². The van der Waals surface area contributed by atoms with Crippen LogP contribution in [-0.4, -0.2) is 90.5 Å². The number of piperidine rings is 2. The minimum absolute atomic E-state index is 0.00869. The second kappa shape index (κ2) is 19.2. The fourth-order valence-electron chi connectivity index (χ4n) is 8.37. The summed E-state index contributed by atoms with van der Waals surface area (Å²) >= 11 is 0. The molecule has 2 aliphatic carbocycles. The summed E-state index contributed by atoms with van der Waals surface area (Å²) in [5.74, 6) is 0.298. The predicted molar refractivity (Wildman–Crippen MR) is 217 cm³/mol. The molecule has 0 bridgehead atoms. The molecular weight excluding hydrogens is 739 g/mol. The fraction of sp³-hybridized carbons (Fsp3) is 0.455. The van der Waals surface area contributed by atoms with Crippen molar-refractivity contribution in [3.8, 4) is 0 Å². The molecule has 2 saturated heterocycles. The van der Waals surface area contributed by atoms with Gasteiger partial charge in [-0.2, -0.15) is 0 Å². The molecule has 2 fully saturated rings. The second-order valence-corrected chi connectivity index (χ2v) is 15.2. The SMILES string of the molecule is CCCNC(=O)N1CCCC[C@@H]1CCc1nc(C2=CCc3ncccc32)ncc1F.CNC(=O)N1CCCC[C@@H]1CCc1nc(C2=CCc3ncccc32)ncc1F. The van der Waals surface area contributed by atoms with Crippen LogP contribution < -0.4 is 10.6 Å². The number of carbonyl (C=O) groups excluding carboxylic acids is 2. The maximum absolute atomic E-state index is 14.5. The largest absolute Gasteiger partial charge is 0.341 e. The third-order valence-corrected chi connectivity index (χ3v) is 11.4. The van der Waals surface area contributed by atoms with Gasteiger partial charge in [-0.05, 0) is 82.8 Å². The Balaban J connectivity index is 0.000000177. The van der Waals surface area contributed by atoms with E-state index in [1.54, 1.807) is 19.4 Å². The highest BCUT2D eigenvalue weighted by Gasteiger charge is 2.29. The Morgan fingerprint density at radius 3 is 1.71 bits per heavy atom. The second-order valence-electron chi connectivity index (χ2n) is 15.2. The molecule has 2 aliphatic heterocycles. The average molecular weight is 791 g/mol. The number of hydrogen-bond donors (Lipinski definition) is 2. The first-order valence-electron chi connectivity index (χ1n) is 20.7. The molecule has 0 unspecified atom stereocenters. The summed E-state index contributed by atoms with van der Waals surface area (Å²) in [5.41, 5.74) is 6.67. The number of nitrogens with one attached hydrogen (secondary N) is 2. The van der Waals surface area contributed by atoms with Crippen LogP contribution >= 0.6 is 0 Å². The molecule has 304 valence electrons. The zero-order chi connectivity index (χ0) is 40.4. The number of aryl methyl sites for hydroxylation is 2. The lowest BCUT2D eigenvalue weighted by molar-refractivity contribution is 0.146. The molecule has 4 aliphatic rings. The number of hydrogen-bond acceptors (Lipinski definition) is 8. The van der Waals surface area contributed by atoms with Crippen molar-refractivity contribution < 1.29 is 18.4 Å². The molecule has 0 radical (unpaired) electrons. The van der Waals surface area contributed by atoms with Crippen LogP contribution in [0, 0.1) is 11.6 Å². The number of likely N-dealkylation sites (tertiary alicyclic amines) is 2. The molecule has 2 atom stereocenters. The topological polar surface area (TPSA) is 142 Å². The van der Waals surface area contributed by atoms with Crippen LogP contribution in [0.4, 0.5) is 18.4 Å². The summed E-state index contributed by atoms with van der Waals surface area (Å²) in [5, 5.41) is 5.67. The number of rotatable bonds is 10. The van der Waals surface area contributed by atoms with Crippen molar-refractivity contribution in [2.75, 3.05) is 26.7 Å². The Hall–Kier alpha value is -5.66. The molecule has 0 spiro atoms. The molecule has 58 heavy (non-hydrogen) atoms. The molecule has 4 aromatic heterocycles. The number of pyridine rings is 2. The van der Waals surface area contributed by atoms with Gasteiger partial charge in [0.1, 0.15) is 0 Å². The van der Waals surface area contributed by atoms with Gasteiger partial charge in [0.2, 0.25) is 0 Å². The molecule has 2 N–H and O–H groups in total. The molecule has 4 aromatic rings. The van der Waals surface area contributed by atoms with Crippen molar-refractivity contribution in [3.05, 3.63) is 118 Å². The first kappa shape index (κ1) is 40.5. The van der Waals surface area contributed by atoms with E-state index in [4.69, 9.17) is 0 Å². The lowest BCUT2D eigenvalue weighted by Gasteiger charge is -2.35. The number of fused-ring (bicyclic) bond motifs is 2. The predicted octanol–water partition coefficient (Wildman–Crippen LogP) is 7.03. The minimum atomic E-state index is -0.393. The summed E-state index contributed by atoms with van der Waals surface area (Å²) in [6.07, 6.45) is 21.0. The number of allylic oxidation sites excluding steroid dienone is 2. The lowest BCUT2D eigenvalue weighted by Crippen LogP contribution is -2.49. The number of nitrogens with zero attached hydrogens (tertiary/aromatic N) is 8. The maximum atomic E-state index is 14.5. The molecule has 8 rings (SSSR count). The Morgan fingerprint density at radius 2 is 1.22 bits per heavy atom. The van der Waals surface area contributed by atoms with Gasteiger partial charge in [-0.15, -0.1) is 0 Å². The fourth-order valence-corrected chi connectivity index (χ4v) is 8.37. The normalized spacial score (nSPS) is 18.3. The molecule has 14 heteroatoms. The van der Waals surface area contributed by atoms with E-state index in [0.717, 1.165) is 105 Å². The minimum Gasteiger partial charge on any atom is -0.341 e. The highest BCUT2D eigenvalue weighted by atomic mass is 19.1. The number of urea groups is 2. The van der Waals surface area contributed by atoms with E-state index in [0.29, 0.717) is 55.3 Å². The van der Waals surface area contributed by atoms with Gasteiger partial charge in [0.05, 0.1) is 35.2 Å². The molecular formula is C44H52F2N10O2. The molecule has 6 heterocycles. The summed E-state index contributed by atoms with van der Waals surface area (Å²) in [6, 6.07) is 7.94. The number of halogens is 2.